The Morgan fingerprint density at radius 1 is 1.30 bits per heavy atom. The number of benzene rings is 1. The Hall–Kier alpha value is -1.29. The molecule has 0 aliphatic carbocycles. The molecule has 27 heavy (non-hydrogen) atoms. The van der Waals surface area contributed by atoms with Gasteiger partial charge in [0.2, 0.25) is 10.0 Å². The number of hydrogen-bond donors (Lipinski definition) is 3. The third kappa shape index (κ3) is 7.69. The lowest BCUT2D eigenvalue weighted by Gasteiger charge is -2.12. The van der Waals surface area contributed by atoms with Gasteiger partial charge in [0.15, 0.2) is 5.96 Å². The van der Waals surface area contributed by atoms with Gasteiger partial charge in [-0.25, -0.2) is 18.1 Å². The molecule has 152 valence electrons. The number of rotatable bonds is 10. The predicted molar refractivity (Wildman–Crippen MR) is 112 cm³/mol. The Bertz CT molecular complexity index is 687. The summed E-state index contributed by atoms with van der Waals surface area (Å²) in [7, 11) is -3.51. The highest BCUT2D eigenvalue weighted by Gasteiger charge is 2.20. The van der Waals surface area contributed by atoms with Gasteiger partial charge >= 0.3 is 0 Å². The van der Waals surface area contributed by atoms with Crippen LogP contribution in [-0.4, -0.2) is 58.7 Å². The second-order valence-electron chi connectivity index (χ2n) is 6.25. The van der Waals surface area contributed by atoms with Crippen LogP contribution in [0.25, 0.3) is 0 Å². The highest BCUT2D eigenvalue weighted by atomic mass is 32.2. The van der Waals surface area contributed by atoms with E-state index in [4.69, 9.17) is 4.74 Å². The van der Waals surface area contributed by atoms with Crippen LogP contribution in [-0.2, 0) is 21.3 Å². The van der Waals surface area contributed by atoms with Crippen LogP contribution < -0.4 is 15.4 Å². The molecule has 1 aromatic rings. The van der Waals surface area contributed by atoms with Gasteiger partial charge in [0.1, 0.15) is 0 Å². The molecule has 1 aliphatic heterocycles. The number of guanidine groups is 1. The number of nitrogens with zero attached hydrogens (tertiary/aromatic N) is 1. The molecule has 1 unspecified atom stereocenters. The van der Waals surface area contributed by atoms with Crippen LogP contribution in [0.3, 0.4) is 0 Å². The van der Waals surface area contributed by atoms with E-state index in [1.807, 2.05) is 6.92 Å². The summed E-state index contributed by atoms with van der Waals surface area (Å²) in [5, 5.41) is 6.47. The lowest BCUT2D eigenvalue weighted by atomic mass is 10.2. The highest BCUT2D eigenvalue weighted by Crippen LogP contribution is 2.14. The molecular formula is C18H30N4O3S2. The number of sulfonamides is 1. The van der Waals surface area contributed by atoms with Crippen LogP contribution >= 0.6 is 11.8 Å². The lowest BCUT2D eigenvalue weighted by molar-refractivity contribution is 0.114. The second-order valence-corrected chi connectivity index (χ2v) is 9.00. The Kier molecular flexibility index (Phi) is 9.40. The van der Waals surface area contributed by atoms with Crippen molar-refractivity contribution in [2.75, 3.05) is 38.2 Å². The van der Waals surface area contributed by atoms with Gasteiger partial charge in [-0.3, -0.25) is 0 Å². The zero-order chi connectivity index (χ0) is 19.5. The van der Waals surface area contributed by atoms with Crippen molar-refractivity contribution >= 4 is 27.7 Å². The summed E-state index contributed by atoms with van der Waals surface area (Å²) in [4.78, 5) is 4.80. The maximum absolute atomic E-state index is 12.4. The van der Waals surface area contributed by atoms with Crippen molar-refractivity contribution in [1.29, 1.82) is 0 Å². The molecule has 0 spiro atoms. The van der Waals surface area contributed by atoms with Crippen molar-refractivity contribution < 1.29 is 13.2 Å². The van der Waals surface area contributed by atoms with Crippen LogP contribution in [0.4, 0.5) is 0 Å². The number of ether oxygens (including phenoxy) is 1. The standard InChI is InChI=1S/C18H30N4O3S2/c1-3-19-18(20-10-12-26-2)21-13-15-6-8-17(9-7-15)27(23,24)22-14-16-5-4-11-25-16/h6-9,16,22H,3-5,10-14H2,1-2H3,(H2,19,20,21). The van der Waals surface area contributed by atoms with E-state index in [-0.39, 0.29) is 11.0 Å². The zero-order valence-corrected chi connectivity index (χ0v) is 17.7. The van der Waals surface area contributed by atoms with Crippen LogP contribution in [0.1, 0.15) is 25.3 Å². The first-order valence-corrected chi connectivity index (χ1v) is 12.1. The fourth-order valence-electron chi connectivity index (χ4n) is 2.65. The first-order valence-electron chi connectivity index (χ1n) is 9.26. The third-order valence-corrected chi connectivity index (χ3v) is 6.17. The minimum Gasteiger partial charge on any atom is -0.377 e. The van der Waals surface area contributed by atoms with Crippen molar-refractivity contribution in [2.24, 2.45) is 4.99 Å². The topological polar surface area (TPSA) is 91.8 Å². The largest absolute Gasteiger partial charge is 0.377 e. The summed E-state index contributed by atoms with van der Waals surface area (Å²) in [6, 6.07) is 6.85. The van der Waals surface area contributed by atoms with E-state index in [1.54, 1.807) is 36.0 Å². The molecule has 1 aromatic carbocycles. The lowest BCUT2D eigenvalue weighted by Crippen LogP contribution is -2.38. The molecule has 0 aromatic heterocycles. The molecule has 1 heterocycles. The summed E-state index contributed by atoms with van der Waals surface area (Å²) in [5.41, 5.74) is 0.954. The molecule has 1 saturated heterocycles. The van der Waals surface area contributed by atoms with Crippen LogP contribution in [0.2, 0.25) is 0 Å². The normalized spacial score (nSPS) is 17.9. The Morgan fingerprint density at radius 2 is 2.07 bits per heavy atom. The molecule has 0 saturated carbocycles. The molecular weight excluding hydrogens is 384 g/mol. The molecule has 7 nitrogen and oxygen atoms in total. The van der Waals surface area contributed by atoms with Gasteiger partial charge in [-0.2, -0.15) is 11.8 Å². The molecule has 1 atom stereocenters. The first-order chi connectivity index (χ1) is 13.0. The van der Waals surface area contributed by atoms with Gasteiger partial charge in [-0.1, -0.05) is 12.1 Å². The molecule has 0 amide bonds. The minimum atomic E-state index is -3.51. The fraction of sp³-hybridized carbons (Fsp3) is 0.611. The van der Waals surface area contributed by atoms with E-state index in [2.05, 4.69) is 26.6 Å². The number of aliphatic imine (C=N–C) groups is 1. The summed E-state index contributed by atoms with van der Waals surface area (Å²) in [6.45, 7) is 5.18. The van der Waals surface area contributed by atoms with Crippen LogP contribution in [0, 0.1) is 0 Å². The van der Waals surface area contributed by atoms with Gasteiger partial charge in [-0.05, 0) is 43.7 Å². The van der Waals surface area contributed by atoms with Crippen molar-refractivity contribution in [3.05, 3.63) is 29.8 Å². The Balaban J connectivity index is 1.91. The number of nitrogens with one attached hydrogen (secondary N) is 3. The zero-order valence-electron chi connectivity index (χ0n) is 16.0. The molecule has 3 N–H and O–H groups in total. The Morgan fingerprint density at radius 3 is 2.70 bits per heavy atom. The molecule has 9 heteroatoms. The van der Waals surface area contributed by atoms with Crippen molar-refractivity contribution in [1.82, 2.24) is 15.4 Å². The van der Waals surface area contributed by atoms with E-state index in [1.165, 1.54) is 0 Å². The van der Waals surface area contributed by atoms with Gasteiger partial charge in [0.25, 0.3) is 0 Å². The Labute approximate surface area is 166 Å². The maximum atomic E-state index is 12.4. The number of thioether (sulfide) groups is 1. The molecule has 0 radical (unpaired) electrons. The van der Waals surface area contributed by atoms with E-state index >= 15 is 0 Å². The molecule has 1 fully saturated rings. The maximum Gasteiger partial charge on any atom is 0.240 e. The molecule has 2 rings (SSSR count). The van der Waals surface area contributed by atoms with Crippen molar-refractivity contribution in [3.8, 4) is 0 Å². The first kappa shape index (κ1) is 22.0. The van der Waals surface area contributed by atoms with Crippen LogP contribution in [0.5, 0.6) is 0 Å². The second kappa shape index (κ2) is 11.5. The minimum absolute atomic E-state index is 0.0171. The van der Waals surface area contributed by atoms with Gasteiger partial charge in [0, 0.05) is 32.0 Å². The molecule has 1 aliphatic rings. The molecule has 0 bridgehead atoms. The van der Waals surface area contributed by atoms with Crippen molar-refractivity contribution in [3.63, 3.8) is 0 Å². The summed E-state index contributed by atoms with van der Waals surface area (Å²) in [6.07, 6.45) is 3.94. The van der Waals surface area contributed by atoms with Gasteiger partial charge in [-0.15, -0.1) is 0 Å². The smallest absolute Gasteiger partial charge is 0.240 e. The quantitative estimate of drug-likeness (QED) is 0.306. The SMILES string of the molecule is CCNC(=NCc1ccc(S(=O)(=O)NCC2CCCO2)cc1)NCCSC. The van der Waals surface area contributed by atoms with E-state index in [0.29, 0.717) is 19.7 Å². The summed E-state index contributed by atoms with van der Waals surface area (Å²) in [5.74, 6) is 1.78. The fourth-order valence-corrected chi connectivity index (χ4v) is 4.02. The summed E-state index contributed by atoms with van der Waals surface area (Å²) < 4.78 is 32.9. The van der Waals surface area contributed by atoms with Gasteiger partial charge in [0.05, 0.1) is 17.5 Å². The average molecular weight is 415 g/mol. The number of hydrogen-bond acceptors (Lipinski definition) is 5. The van der Waals surface area contributed by atoms with Gasteiger partial charge < -0.3 is 15.4 Å². The third-order valence-electron chi connectivity index (χ3n) is 4.12. The predicted octanol–water partition coefficient (Wildman–Crippen LogP) is 1.56. The summed E-state index contributed by atoms with van der Waals surface area (Å²) >= 11 is 1.78. The monoisotopic (exact) mass is 414 g/mol. The van der Waals surface area contributed by atoms with E-state index in [9.17, 15) is 8.42 Å². The van der Waals surface area contributed by atoms with E-state index in [0.717, 1.165) is 43.2 Å². The van der Waals surface area contributed by atoms with E-state index < -0.39 is 10.0 Å². The van der Waals surface area contributed by atoms with Crippen molar-refractivity contribution in [2.45, 2.75) is 37.3 Å². The average Bonchev–Trinajstić information content (AvgIpc) is 3.19. The highest BCUT2D eigenvalue weighted by molar-refractivity contribution is 7.98. The van der Waals surface area contributed by atoms with Crippen LogP contribution in [0.15, 0.2) is 34.2 Å².